The minimum atomic E-state index is -0.831. The van der Waals surface area contributed by atoms with E-state index in [9.17, 15) is 14.7 Å². The number of carboxylic acid groups (broad SMARTS) is 1. The Morgan fingerprint density at radius 1 is 1.38 bits per heavy atom. The van der Waals surface area contributed by atoms with Crippen LogP contribution in [0.4, 0.5) is 4.79 Å². The van der Waals surface area contributed by atoms with Gasteiger partial charge in [0.1, 0.15) is 0 Å². The first-order valence-electron chi connectivity index (χ1n) is 6.90. The molecular formula is C15H19ClN2O3. The van der Waals surface area contributed by atoms with E-state index in [1.807, 2.05) is 18.2 Å². The molecule has 0 atom stereocenters. The Hall–Kier alpha value is -1.75. The summed E-state index contributed by atoms with van der Waals surface area (Å²) in [6, 6.07) is 7.04. The van der Waals surface area contributed by atoms with Crippen molar-refractivity contribution in [1.82, 2.24) is 10.2 Å². The molecule has 1 fully saturated rings. The van der Waals surface area contributed by atoms with Gasteiger partial charge in [-0.2, -0.15) is 0 Å². The topological polar surface area (TPSA) is 69.6 Å². The highest BCUT2D eigenvalue weighted by Gasteiger charge is 2.44. The Labute approximate surface area is 128 Å². The molecule has 2 amide bonds. The van der Waals surface area contributed by atoms with Crippen LogP contribution in [-0.2, 0) is 11.3 Å². The standard InChI is InChI=1S/C15H19ClN2O3/c1-18(9-11-5-2-3-6-12(11)16)14(21)17-10-15(13(19)20)7-4-8-15/h2-3,5-6H,4,7-10H2,1H3,(H,17,21)(H,19,20). The lowest BCUT2D eigenvalue weighted by atomic mass is 9.69. The zero-order valence-electron chi connectivity index (χ0n) is 11.9. The minimum absolute atomic E-state index is 0.175. The summed E-state index contributed by atoms with van der Waals surface area (Å²) in [6.45, 7) is 0.555. The van der Waals surface area contributed by atoms with E-state index >= 15 is 0 Å². The van der Waals surface area contributed by atoms with Gasteiger partial charge in [0.2, 0.25) is 0 Å². The molecule has 6 heteroatoms. The van der Waals surface area contributed by atoms with E-state index in [1.165, 1.54) is 4.90 Å². The molecule has 0 radical (unpaired) electrons. The summed E-state index contributed by atoms with van der Waals surface area (Å²) >= 11 is 6.06. The molecule has 2 N–H and O–H groups in total. The van der Waals surface area contributed by atoms with Gasteiger partial charge in [0.25, 0.3) is 0 Å². The number of rotatable bonds is 5. The number of carboxylic acids is 1. The first kappa shape index (κ1) is 15.6. The van der Waals surface area contributed by atoms with Crippen molar-refractivity contribution in [2.45, 2.75) is 25.8 Å². The average Bonchev–Trinajstić information content (AvgIpc) is 2.39. The molecular weight excluding hydrogens is 292 g/mol. The van der Waals surface area contributed by atoms with E-state index in [0.29, 0.717) is 24.4 Å². The predicted molar refractivity (Wildman–Crippen MR) is 80.2 cm³/mol. The van der Waals surface area contributed by atoms with Gasteiger partial charge in [-0.3, -0.25) is 4.79 Å². The molecule has 0 saturated heterocycles. The van der Waals surface area contributed by atoms with Crippen LogP contribution in [0.2, 0.25) is 5.02 Å². The van der Waals surface area contributed by atoms with Gasteiger partial charge in [-0.05, 0) is 24.5 Å². The van der Waals surface area contributed by atoms with Gasteiger partial charge < -0.3 is 15.3 Å². The van der Waals surface area contributed by atoms with Gasteiger partial charge in [-0.15, -0.1) is 0 Å². The maximum atomic E-state index is 12.0. The first-order valence-corrected chi connectivity index (χ1v) is 7.28. The molecule has 1 aliphatic rings. The van der Waals surface area contributed by atoms with Crippen LogP contribution < -0.4 is 5.32 Å². The van der Waals surface area contributed by atoms with Crippen LogP contribution in [0.1, 0.15) is 24.8 Å². The second-order valence-electron chi connectivity index (χ2n) is 5.55. The molecule has 21 heavy (non-hydrogen) atoms. The summed E-state index contributed by atoms with van der Waals surface area (Å²) in [4.78, 5) is 24.8. The van der Waals surface area contributed by atoms with Crippen molar-refractivity contribution >= 4 is 23.6 Å². The smallest absolute Gasteiger partial charge is 0.317 e. The Morgan fingerprint density at radius 3 is 2.57 bits per heavy atom. The molecule has 0 spiro atoms. The summed E-state index contributed by atoms with van der Waals surface area (Å²) in [5.41, 5.74) is 0.0781. The normalized spacial score (nSPS) is 15.9. The van der Waals surface area contributed by atoms with Crippen molar-refractivity contribution in [3.63, 3.8) is 0 Å². The fourth-order valence-electron chi connectivity index (χ4n) is 2.40. The zero-order chi connectivity index (χ0) is 15.5. The molecule has 0 bridgehead atoms. The van der Waals surface area contributed by atoms with Gasteiger partial charge in [0.05, 0.1) is 5.41 Å². The highest BCUT2D eigenvalue weighted by molar-refractivity contribution is 6.31. The molecule has 0 aliphatic heterocycles. The molecule has 1 aromatic carbocycles. The average molecular weight is 311 g/mol. The number of hydrogen-bond donors (Lipinski definition) is 2. The van der Waals surface area contributed by atoms with Crippen molar-refractivity contribution in [3.8, 4) is 0 Å². The van der Waals surface area contributed by atoms with Crippen molar-refractivity contribution in [3.05, 3.63) is 34.9 Å². The number of aliphatic carboxylic acids is 1. The third-order valence-electron chi connectivity index (χ3n) is 4.05. The number of amides is 2. The second-order valence-corrected chi connectivity index (χ2v) is 5.95. The molecule has 2 rings (SSSR count). The summed E-state index contributed by atoms with van der Waals surface area (Å²) in [5.74, 6) is -0.831. The van der Waals surface area contributed by atoms with Gasteiger partial charge >= 0.3 is 12.0 Å². The molecule has 1 aliphatic carbocycles. The number of halogens is 1. The summed E-state index contributed by atoms with van der Waals surface area (Å²) in [5, 5.41) is 12.5. The summed E-state index contributed by atoms with van der Waals surface area (Å²) in [6.07, 6.45) is 2.14. The summed E-state index contributed by atoms with van der Waals surface area (Å²) in [7, 11) is 1.66. The third kappa shape index (κ3) is 3.47. The minimum Gasteiger partial charge on any atom is -0.481 e. The van der Waals surface area contributed by atoms with Crippen LogP contribution in [0.25, 0.3) is 0 Å². The van der Waals surface area contributed by atoms with Gasteiger partial charge in [0, 0.05) is 25.2 Å². The van der Waals surface area contributed by atoms with E-state index in [-0.39, 0.29) is 12.6 Å². The Balaban J connectivity index is 1.88. The first-order chi connectivity index (χ1) is 9.94. The molecule has 0 heterocycles. The van der Waals surface area contributed by atoms with Crippen molar-refractivity contribution in [2.75, 3.05) is 13.6 Å². The molecule has 1 aromatic rings. The second kappa shape index (κ2) is 6.35. The Morgan fingerprint density at radius 2 is 2.05 bits per heavy atom. The van der Waals surface area contributed by atoms with Gasteiger partial charge in [-0.1, -0.05) is 36.2 Å². The lowest BCUT2D eigenvalue weighted by Gasteiger charge is -2.37. The van der Waals surface area contributed by atoms with E-state index < -0.39 is 11.4 Å². The van der Waals surface area contributed by atoms with Crippen LogP contribution in [0.5, 0.6) is 0 Å². The number of benzene rings is 1. The number of carbonyl (C=O) groups excluding carboxylic acids is 1. The Kier molecular flexibility index (Phi) is 4.73. The largest absolute Gasteiger partial charge is 0.481 e. The number of hydrogen-bond acceptors (Lipinski definition) is 2. The van der Waals surface area contributed by atoms with Gasteiger partial charge in [0.15, 0.2) is 0 Å². The van der Waals surface area contributed by atoms with Crippen LogP contribution in [0, 0.1) is 5.41 Å². The Bertz CT molecular complexity index is 543. The van der Waals surface area contributed by atoms with Crippen LogP contribution in [0.15, 0.2) is 24.3 Å². The van der Waals surface area contributed by atoms with Crippen LogP contribution >= 0.6 is 11.6 Å². The van der Waals surface area contributed by atoms with E-state index in [0.717, 1.165) is 12.0 Å². The lowest BCUT2D eigenvalue weighted by Crippen LogP contribution is -2.49. The number of carbonyl (C=O) groups is 2. The van der Waals surface area contributed by atoms with Crippen LogP contribution in [-0.4, -0.2) is 35.6 Å². The van der Waals surface area contributed by atoms with Crippen LogP contribution in [0.3, 0.4) is 0 Å². The van der Waals surface area contributed by atoms with E-state index in [1.54, 1.807) is 13.1 Å². The SMILES string of the molecule is CN(Cc1ccccc1Cl)C(=O)NCC1(C(=O)O)CCC1. The molecule has 5 nitrogen and oxygen atoms in total. The monoisotopic (exact) mass is 310 g/mol. The fourth-order valence-corrected chi connectivity index (χ4v) is 2.60. The maximum absolute atomic E-state index is 12.0. The van der Waals surface area contributed by atoms with Gasteiger partial charge in [-0.25, -0.2) is 4.79 Å². The van der Waals surface area contributed by atoms with E-state index in [2.05, 4.69) is 5.32 Å². The molecule has 0 aromatic heterocycles. The fraction of sp³-hybridized carbons (Fsp3) is 0.467. The van der Waals surface area contributed by atoms with Crippen molar-refractivity contribution in [1.29, 1.82) is 0 Å². The number of nitrogens with zero attached hydrogens (tertiary/aromatic N) is 1. The zero-order valence-corrected chi connectivity index (χ0v) is 12.7. The van der Waals surface area contributed by atoms with Crippen molar-refractivity contribution in [2.24, 2.45) is 5.41 Å². The molecule has 114 valence electrons. The predicted octanol–water partition coefficient (Wildman–Crippen LogP) is 2.74. The number of urea groups is 1. The molecule has 0 unspecified atom stereocenters. The maximum Gasteiger partial charge on any atom is 0.317 e. The highest BCUT2D eigenvalue weighted by atomic mass is 35.5. The van der Waals surface area contributed by atoms with E-state index in [4.69, 9.17) is 11.6 Å². The quantitative estimate of drug-likeness (QED) is 0.878. The number of nitrogens with one attached hydrogen (secondary N) is 1. The summed E-state index contributed by atoms with van der Waals surface area (Å²) < 4.78 is 0. The lowest BCUT2D eigenvalue weighted by molar-refractivity contribution is -0.153. The third-order valence-corrected chi connectivity index (χ3v) is 4.42. The van der Waals surface area contributed by atoms with Crippen molar-refractivity contribution < 1.29 is 14.7 Å². The highest BCUT2D eigenvalue weighted by Crippen LogP contribution is 2.40. The molecule has 1 saturated carbocycles.